The third-order valence-electron chi connectivity index (χ3n) is 2.32. The minimum absolute atomic E-state index is 0.212. The molecule has 1 heterocycles. The fourth-order valence-electron chi connectivity index (χ4n) is 1.27. The Labute approximate surface area is 89.4 Å². The van der Waals surface area contributed by atoms with E-state index in [0.717, 1.165) is 5.56 Å². The van der Waals surface area contributed by atoms with E-state index in [1.165, 1.54) is 0 Å². The van der Waals surface area contributed by atoms with Crippen LogP contribution < -0.4 is 5.32 Å². The maximum Gasteiger partial charge on any atom is 0.297 e. The van der Waals surface area contributed by atoms with Crippen LogP contribution in [0.25, 0.3) is 0 Å². The molecule has 15 heavy (non-hydrogen) atoms. The number of hydrogen-bond donors (Lipinski definition) is 1. The van der Waals surface area contributed by atoms with Gasteiger partial charge in [-0.05, 0) is 19.1 Å². The van der Waals surface area contributed by atoms with E-state index in [0.29, 0.717) is 13.1 Å². The Hall–Kier alpha value is -0.910. The summed E-state index contributed by atoms with van der Waals surface area (Å²) in [5.74, 6) is 0. The summed E-state index contributed by atoms with van der Waals surface area (Å²) in [5, 5.41) is 2.95. The lowest BCUT2D eigenvalue weighted by molar-refractivity contribution is 0.149. The molecule has 1 aromatic rings. The number of hydrogen-bond acceptors (Lipinski definition) is 4. The summed E-state index contributed by atoms with van der Waals surface area (Å²) >= 11 is 0. The van der Waals surface area contributed by atoms with Crippen molar-refractivity contribution >= 4 is 10.1 Å². The van der Waals surface area contributed by atoms with E-state index in [1.807, 2.05) is 6.92 Å². The van der Waals surface area contributed by atoms with E-state index in [4.69, 9.17) is 4.18 Å². The van der Waals surface area contributed by atoms with E-state index in [9.17, 15) is 8.42 Å². The molecule has 0 radical (unpaired) electrons. The van der Waals surface area contributed by atoms with Gasteiger partial charge in [0.2, 0.25) is 0 Å². The Balaban J connectivity index is 2.17. The predicted molar refractivity (Wildman–Crippen MR) is 56.1 cm³/mol. The van der Waals surface area contributed by atoms with E-state index < -0.39 is 10.1 Å². The van der Waals surface area contributed by atoms with Crippen molar-refractivity contribution in [2.24, 2.45) is 0 Å². The highest BCUT2D eigenvalue weighted by Crippen LogP contribution is 2.16. The van der Waals surface area contributed by atoms with E-state index in [1.54, 1.807) is 24.3 Å². The van der Waals surface area contributed by atoms with Crippen LogP contribution in [0.2, 0.25) is 0 Å². The maximum absolute atomic E-state index is 11.7. The molecule has 1 saturated heterocycles. The number of rotatable bonds is 3. The topological polar surface area (TPSA) is 55.4 Å². The minimum Gasteiger partial charge on any atom is -0.311 e. The zero-order valence-corrected chi connectivity index (χ0v) is 9.25. The molecule has 0 saturated carbocycles. The summed E-state index contributed by atoms with van der Waals surface area (Å²) < 4.78 is 28.4. The van der Waals surface area contributed by atoms with Crippen LogP contribution in [0.1, 0.15) is 5.56 Å². The summed E-state index contributed by atoms with van der Waals surface area (Å²) in [4.78, 5) is 0.222. The largest absolute Gasteiger partial charge is 0.311 e. The second-order valence-electron chi connectivity index (χ2n) is 3.64. The minimum atomic E-state index is -3.58. The van der Waals surface area contributed by atoms with Crippen molar-refractivity contribution in [1.29, 1.82) is 0 Å². The molecular formula is C10H13NO3S. The van der Waals surface area contributed by atoms with Crippen molar-refractivity contribution in [3.05, 3.63) is 29.8 Å². The van der Waals surface area contributed by atoms with Crippen molar-refractivity contribution < 1.29 is 12.6 Å². The van der Waals surface area contributed by atoms with Crippen molar-refractivity contribution in [2.75, 3.05) is 13.1 Å². The third kappa shape index (κ3) is 2.37. The molecule has 0 aliphatic carbocycles. The highest BCUT2D eigenvalue weighted by atomic mass is 32.2. The molecule has 1 aliphatic rings. The SMILES string of the molecule is Cc1ccc(S(=O)(=O)OC2CNC2)cc1. The average molecular weight is 227 g/mol. The summed E-state index contributed by atoms with van der Waals surface area (Å²) in [6.45, 7) is 3.11. The fraction of sp³-hybridized carbons (Fsp3) is 0.400. The summed E-state index contributed by atoms with van der Waals surface area (Å²) in [5.41, 5.74) is 1.03. The maximum atomic E-state index is 11.7. The molecule has 1 aliphatic heterocycles. The lowest BCUT2D eigenvalue weighted by Gasteiger charge is -2.26. The Morgan fingerprint density at radius 2 is 1.87 bits per heavy atom. The Morgan fingerprint density at radius 1 is 1.27 bits per heavy atom. The summed E-state index contributed by atoms with van der Waals surface area (Å²) in [6, 6.07) is 6.65. The van der Waals surface area contributed by atoms with E-state index in [2.05, 4.69) is 5.32 Å². The van der Waals surface area contributed by atoms with Crippen molar-refractivity contribution in [3.8, 4) is 0 Å². The van der Waals surface area contributed by atoms with Crippen LogP contribution in [-0.2, 0) is 14.3 Å². The van der Waals surface area contributed by atoms with Gasteiger partial charge in [-0.3, -0.25) is 4.18 Å². The first kappa shape index (κ1) is 10.6. The Morgan fingerprint density at radius 3 is 2.33 bits per heavy atom. The Kier molecular flexibility index (Phi) is 2.77. The molecule has 5 heteroatoms. The van der Waals surface area contributed by atoms with Crippen LogP contribution in [0.5, 0.6) is 0 Å². The molecule has 82 valence electrons. The van der Waals surface area contributed by atoms with Crippen LogP contribution in [-0.4, -0.2) is 27.6 Å². The smallest absolute Gasteiger partial charge is 0.297 e. The molecule has 0 atom stereocenters. The second kappa shape index (κ2) is 3.92. The Bertz CT molecular complexity index is 434. The first-order chi connectivity index (χ1) is 7.08. The van der Waals surface area contributed by atoms with E-state index >= 15 is 0 Å². The predicted octanol–water partition coefficient (Wildman–Crippen LogP) is 0.672. The molecule has 0 spiro atoms. The molecule has 2 rings (SSSR count). The summed E-state index contributed by atoms with van der Waals surface area (Å²) in [7, 11) is -3.58. The van der Waals surface area contributed by atoms with Gasteiger partial charge in [0.05, 0.1) is 4.90 Å². The fourth-order valence-corrected chi connectivity index (χ4v) is 2.34. The number of benzene rings is 1. The van der Waals surface area contributed by atoms with Gasteiger partial charge in [-0.15, -0.1) is 0 Å². The lowest BCUT2D eigenvalue weighted by Crippen LogP contribution is -2.49. The standard InChI is InChI=1S/C10H13NO3S/c1-8-2-4-10(5-3-8)15(12,13)14-9-6-11-7-9/h2-5,9,11H,6-7H2,1H3. The molecule has 4 nitrogen and oxygen atoms in total. The molecule has 0 aromatic heterocycles. The van der Waals surface area contributed by atoms with Crippen LogP contribution >= 0.6 is 0 Å². The molecule has 0 bridgehead atoms. The van der Waals surface area contributed by atoms with Gasteiger partial charge in [-0.2, -0.15) is 8.42 Å². The monoisotopic (exact) mass is 227 g/mol. The zero-order valence-electron chi connectivity index (χ0n) is 8.43. The van der Waals surface area contributed by atoms with Crippen molar-refractivity contribution in [1.82, 2.24) is 5.32 Å². The first-order valence-corrected chi connectivity index (χ1v) is 6.19. The second-order valence-corrected chi connectivity index (χ2v) is 5.22. The molecule has 1 fully saturated rings. The molecular weight excluding hydrogens is 214 g/mol. The zero-order chi connectivity index (χ0) is 10.9. The highest BCUT2D eigenvalue weighted by Gasteiger charge is 2.25. The van der Waals surface area contributed by atoms with Gasteiger partial charge in [-0.1, -0.05) is 17.7 Å². The van der Waals surface area contributed by atoms with Crippen molar-refractivity contribution in [2.45, 2.75) is 17.9 Å². The van der Waals surface area contributed by atoms with Gasteiger partial charge >= 0.3 is 0 Å². The highest BCUT2D eigenvalue weighted by molar-refractivity contribution is 7.86. The van der Waals surface area contributed by atoms with Gasteiger partial charge in [-0.25, -0.2) is 0 Å². The van der Waals surface area contributed by atoms with Crippen LogP contribution in [0.4, 0.5) is 0 Å². The lowest BCUT2D eigenvalue weighted by atomic mass is 10.2. The average Bonchev–Trinajstić information content (AvgIpc) is 2.13. The van der Waals surface area contributed by atoms with Gasteiger partial charge in [0.25, 0.3) is 10.1 Å². The summed E-state index contributed by atoms with van der Waals surface area (Å²) in [6.07, 6.45) is -0.212. The quantitative estimate of drug-likeness (QED) is 0.771. The van der Waals surface area contributed by atoms with Gasteiger partial charge < -0.3 is 5.32 Å². The normalized spacial score (nSPS) is 17.4. The molecule has 1 N–H and O–H groups in total. The van der Waals surface area contributed by atoms with Gasteiger partial charge in [0.15, 0.2) is 0 Å². The molecule has 0 amide bonds. The number of aryl methyl sites for hydroxylation is 1. The van der Waals surface area contributed by atoms with Crippen LogP contribution in [0.3, 0.4) is 0 Å². The van der Waals surface area contributed by atoms with Gasteiger partial charge in [0.1, 0.15) is 6.10 Å². The number of nitrogens with one attached hydrogen (secondary N) is 1. The van der Waals surface area contributed by atoms with Crippen LogP contribution in [0, 0.1) is 6.92 Å². The van der Waals surface area contributed by atoms with Crippen molar-refractivity contribution in [3.63, 3.8) is 0 Å². The van der Waals surface area contributed by atoms with E-state index in [-0.39, 0.29) is 11.0 Å². The molecule has 1 aromatic carbocycles. The molecule has 0 unspecified atom stereocenters. The van der Waals surface area contributed by atoms with Gasteiger partial charge in [0, 0.05) is 13.1 Å². The third-order valence-corrected chi connectivity index (χ3v) is 3.69. The first-order valence-electron chi connectivity index (χ1n) is 4.78. The van der Waals surface area contributed by atoms with Crippen LogP contribution in [0.15, 0.2) is 29.2 Å².